The first-order valence-electron chi connectivity index (χ1n) is 6.36. The number of likely N-dealkylation sites (tertiary alicyclic amines) is 1. The summed E-state index contributed by atoms with van der Waals surface area (Å²) in [5, 5.41) is 13.9. The highest BCUT2D eigenvalue weighted by atomic mass is 79.9. The molecule has 1 atom stereocenters. The molecule has 1 unspecified atom stereocenters. The predicted molar refractivity (Wildman–Crippen MR) is 78.4 cm³/mol. The summed E-state index contributed by atoms with van der Waals surface area (Å²) in [5.74, 6) is -0.449. The molecular weight excluding hydrogens is 342 g/mol. The van der Waals surface area contributed by atoms with Gasteiger partial charge in [-0.25, -0.2) is 0 Å². The summed E-state index contributed by atoms with van der Waals surface area (Å²) < 4.78 is 0.412. The van der Waals surface area contributed by atoms with E-state index in [2.05, 4.69) is 21.2 Å². The summed E-state index contributed by atoms with van der Waals surface area (Å²) in [6.45, 7) is 0.326. The lowest BCUT2D eigenvalue weighted by Gasteiger charge is -2.28. The van der Waals surface area contributed by atoms with E-state index in [1.807, 2.05) is 0 Å². The van der Waals surface area contributed by atoms with Crippen molar-refractivity contribution < 1.29 is 14.5 Å². The second kappa shape index (κ2) is 6.31. The Morgan fingerprint density at radius 2 is 2.19 bits per heavy atom. The molecule has 7 nitrogen and oxygen atoms in total. The number of carbonyl (C=O) groups is 2. The van der Waals surface area contributed by atoms with Gasteiger partial charge in [0.25, 0.3) is 5.69 Å². The first kappa shape index (κ1) is 15.6. The average molecular weight is 356 g/mol. The van der Waals surface area contributed by atoms with Gasteiger partial charge in [-0.3, -0.25) is 24.6 Å². The number of carbonyl (C=O) groups excluding carboxylic acids is 2. The standard InChI is InChI=1S/C13H14BrN3O4/c1-16-12(18)5-4-10(13(16)19)15-7-8-2-3-9(14)11(6-8)17(20)21/h2-3,6,10,15H,4-5,7H2,1H3. The van der Waals surface area contributed by atoms with Crippen LogP contribution in [0.1, 0.15) is 18.4 Å². The Morgan fingerprint density at radius 1 is 1.48 bits per heavy atom. The maximum atomic E-state index is 11.9. The van der Waals surface area contributed by atoms with E-state index in [0.29, 0.717) is 29.4 Å². The Morgan fingerprint density at radius 3 is 2.86 bits per heavy atom. The van der Waals surface area contributed by atoms with Crippen LogP contribution < -0.4 is 5.32 Å². The molecule has 1 aromatic rings. The van der Waals surface area contributed by atoms with Gasteiger partial charge in [0.05, 0.1) is 15.4 Å². The third-order valence-corrected chi connectivity index (χ3v) is 4.08. The van der Waals surface area contributed by atoms with Crippen LogP contribution in [-0.4, -0.2) is 34.7 Å². The number of nitrogens with zero attached hydrogens (tertiary/aromatic N) is 2. The fraction of sp³-hybridized carbons (Fsp3) is 0.385. The van der Waals surface area contributed by atoms with Crippen molar-refractivity contribution in [2.45, 2.75) is 25.4 Å². The number of imide groups is 1. The van der Waals surface area contributed by atoms with Crippen LogP contribution >= 0.6 is 15.9 Å². The first-order valence-corrected chi connectivity index (χ1v) is 7.16. The summed E-state index contributed by atoms with van der Waals surface area (Å²) in [4.78, 5) is 34.8. The largest absolute Gasteiger partial charge is 0.302 e. The Labute approximate surface area is 129 Å². The quantitative estimate of drug-likeness (QED) is 0.503. The van der Waals surface area contributed by atoms with Gasteiger partial charge in [-0.1, -0.05) is 6.07 Å². The van der Waals surface area contributed by atoms with Gasteiger partial charge < -0.3 is 5.32 Å². The van der Waals surface area contributed by atoms with E-state index in [1.165, 1.54) is 13.1 Å². The zero-order valence-electron chi connectivity index (χ0n) is 11.3. The molecular formula is C13H14BrN3O4. The van der Waals surface area contributed by atoms with Crippen molar-refractivity contribution in [2.24, 2.45) is 0 Å². The number of hydrogen-bond acceptors (Lipinski definition) is 5. The maximum absolute atomic E-state index is 11.9. The molecule has 1 heterocycles. The SMILES string of the molecule is CN1C(=O)CCC(NCc2ccc(Br)c([N+](=O)[O-])c2)C1=O. The second-order valence-electron chi connectivity index (χ2n) is 4.81. The van der Waals surface area contributed by atoms with Crippen molar-refractivity contribution in [3.05, 3.63) is 38.3 Å². The normalized spacial score (nSPS) is 19.0. The molecule has 0 spiro atoms. The molecule has 2 amide bonds. The van der Waals surface area contributed by atoms with Crippen LogP contribution in [0.4, 0.5) is 5.69 Å². The number of hydrogen-bond donors (Lipinski definition) is 1. The summed E-state index contributed by atoms with van der Waals surface area (Å²) >= 11 is 3.12. The summed E-state index contributed by atoms with van der Waals surface area (Å²) in [6, 6.07) is 4.37. The van der Waals surface area contributed by atoms with E-state index < -0.39 is 11.0 Å². The smallest absolute Gasteiger partial charge is 0.283 e. The van der Waals surface area contributed by atoms with E-state index in [9.17, 15) is 19.7 Å². The molecule has 0 radical (unpaired) electrons. The number of nitro groups is 1. The van der Waals surface area contributed by atoms with Gasteiger partial charge in [-0.2, -0.15) is 0 Å². The minimum Gasteiger partial charge on any atom is -0.302 e. The number of piperidine rings is 1. The van der Waals surface area contributed by atoms with Gasteiger partial charge in [-0.15, -0.1) is 0 Å². The van der Waals surface area contributed by atoms with Crippen LogP contribution in [0.15, 0.2) is 22.7 Å². The van der Waals surface area contributed by atoms with E-state index in [0.717, 1.165) is 4.90 Å². The lowest BCUT2D eigenvalue weighted by Crippen LogP contribution is -2.51. The number of nitro benzene ring substituents is 1. The molecule has 1 aromatic carbocycles. The fourth-order valence-corrected chi connectivity index (χ4v) is 2.55. The van der Waals surface area contributed by atoms with Crippen LogP contribution in [0.5, 0.6) is 0 Å². The number of halogens is 1. The van der Waals surface area contributed by atoms with Gasteiger partial charge in [0, 0.05) is 26.1 Å². The number of amides is 2. The highest BCUT2D eigenvalue weighted by Gasteiger charge is 2.31. The fourth-order valence-electron chi connectivity index (χ4n) is 2.15. The number of benzene rings is 1. The van der Waals surface area contributed by atoms with Crippen molar-refractivity contribution in [1.82, 2.24) is 10.2 Å². The van der Waals surface area contributed by atoms with Gasteiger partial charge in [0.15, 0.2) is 0 Å². The van der Waals surface area contributed by atoms with Gasteiger partial charge in [-0.05, 0) is 34.0 Å². The zero-order chi connectivity index (χ0) is 15.6. The molecule has 0 saturated carbocycles. The molecule has 0 aromatic heterocycles. The minimum absolute atomic E-state index is 0.0171. The third-order valence-electron chi connectivity index (χ3n) is 3.41. The van der Waals surface area contributed by atoms with Gasteiger partial charge in [0.1, 0.15) is 0 Å². The maximum Gasteiger partial charge on any atom is 0.283 e. The number of likely N-dealkylation sites (N-methyl/N-ethyl adjacent to an activating group) is 1. The van der Waals surface area contributed by atoms with Crippen molar-refractivity contribution in [3.63, 3.8) is 0 Å². The second-order valence-corrected chi connectivity index (χ2v) is 5.66. The van der Waals surface area contributed by atoms with E-state index in [1.54, 1.807) is 12.1 Å². The Hall–Kier alpha value is -1.80. The molecule has 1 aliphatic heterocycles. The van der Waals surface area contributed by atoms with Crippen LogP contribution in [0.2, 0.25) is 0 Å². The third kappa shape index (κ3) is 3.45. The molecule has 0 aliphatic carbocycles. The average Bonchev–Trinajstić information content (AvgIpc) is 2.45. The Bertz CT molecular complexity index is 605. The molecule has 2 rings (SSSR count). The van der Waals surface area contributed by atoms with Crippen molar-refractivity contribution in [1.29, 1.82) is 0 Å². The zero-order valence-corrected chi connectivity index (χ0v) is 12.9. The van der Waals surface area contributed by atoms with E-state index >= 15 is 0 Å². The minimum atomic E-state index is -0.466. The summed E-state index contributed by atoms with van der Waals surface area (Å²) in [5.41, 5.74) is 0.689. The van der Waals surface area contributed by atoms with Crippen LogP contribution in [-0.2, 0) is 16.1 Å². The summed E-state index contributed by atoms with van der Waals surface area (Å²) in [6.07, 6.45) is 0.765. The molecule has 112 valence electrons. The summed E-state index contributed by atoms with van der Waals surface area (Å²) in [7, 11) is 1.46. The van der Waals surface area contributed by atoms with Crippen molar-refractivity contribution >= 4 is 33.4 Å². The number of rotatable bonds is 4. The Balaban J connectivity index is 2.03. The Kier molecular flexibility index (Phi) is 4.69. The highest BCUT2D eigenvalue weighted by molar-refractivity contribution is 9.10. The lowest BCUT2D eigenvalue weighted by atomic mass is 10.0. The number of nitrogens with one attached hydrogen (secondary N) is 1. The van der Waals surface area contributed by atoms with Gasteiger partial charge in [0.2, 0.25) is 11.8 Å². The van der Waals surface area contributed by atoms with Crippen LogP contribution in [0.25, 0.3) is 0 Å². The van der Waals surface area contributed by atoms with Crippen LogP contribution in [0, 0.1) is 10.1 Å². The van der Waals surface area contributed by atoms with E-state index in [4.69, 9.17) is 0 Å². The topological polar surface area (TPSA) is 92.6 Å². The molecule has 1 aliphatic rings. The lowest BCUT2D eigenvalue weighted by molar-refractivity contribution is -0.385. The van der Waals surface area contributed by atoms with Gasteiger partial charge >= 0.3 is 0 Å². The molecule has 1 fully saturated rings. The molecule has 1 saturated heterocycles. The first-order chi connectivity index (χ1) is 9.90. The molecule has 1 N–H and O–H groups in total. The van der Waals surface area contributed by atoms with Crippen molar-refractivity contribution in [2.75, 3.05) is 7.05 Å². The van der Waals surface area contributed by atoms with Crippen molar-refractivity contribution in [3.8, 4) is 0 Å². The van der Waals surface area contributed by atoms with Crippen LogP contribution in [0.3, 0.4) is 0 Å². The highest BCUT2D eigenvalue weighted by Crippen LogP contribution is 2.25. The monoisotopic (exact) mass is 355 g/mol. The molecule has 8 heteroatoms. The molecule has 21 heavy (non-hydrogen) atoms. The van der Waals surface area contributed by atoms with E-state index in [-0.39, 0.29) is 17.5 Å². The molecule has 0 bridgehead atoms. The predicted octanol–water partition coefficient (Wildman–Crippen LogP) is 1.59.